The number of ether oxygens (including phenoxy) is 1. The zero-order chi connectivity index (χ0) is 22.7. The lowest BCUT2D eigenvalue weighted by Gasteiger charge is -2.23. The number of carbonyl (C=O) groups excluding carboxylic acids is 1. The van der Waals surface area contributed by atoms with Gasteiger partial charge in [-0.15, -0.1) is 11.3 Å². The number of nitrogens with one attached hydrogen (secondary N) is 1. The summed E-state index contributed by atoms with van der Waals surface area (Å²) in [4.78, 5) is 31.4. The van der Waals surface area contributed by atoms with Gasteiger partial charge in [0.15, 0.2) is 0 Å². The van der Waals surface area contributed by atoms with Gasteiger partial charge in [0.25, 0.3) is 15.6 Å². The Morgan fingerprint density at radius 1 is 1.12 bits per heavy atom. The number of aromatic amines is 1. The van der Waals surface area contributed by atoms with Crippen molar-refractivity contribution in [1.82, 2.24) is 9.97 Å². The van der Waals surface area contributed by atoms with Crippen LogP contribution in [0, 0.1) is 0 Å². The number of thiophene rings is 1. The number of aromatic nitrogens is 2. The van der Waals surface area contributed by atoms with Gasteiger partial charge in [-0.05, 0) is 48.7 Å². The second kappa shape index (κ2) is 8.93. The van der Waals surface area contributed by atoms with Crippen molar-refractivity contribution in [2.75, 3.05) is 10.8 Å². The summed E-state index contributed by atoms with van der Waals surface area (Å²) in [5.41, 5.74) is 0.833. The van der Waals surface area contributed by atoms with Crippen molar-refractivity contribution in [2.24, 2.45) is 0 Å². The van der Waals surface area contributed by atoms with Crippen LogP contribution in [-0.4, -0.2) is 30.9 Å². The Labute approximate surface area is 188 Å². The van der Waals surface area contributed by atoms with E-state index in [1.54, 1.807) is 48.7 Å². The van der Waals surface area contributed by atoms with Gasteiger partial charge in [-0.3, -0.25) is 9.10 Å². The Bertz CT molecular complexity index is 1430. The first-order chi connectivity index (χ1) is 15.4. The smallest absolute Gasteiger partial charge is 0.338 e. The van der Waals surface area contributed by atoms with E-state index < -0.39 is 16.0 Å². The van der Waals surface area contributed by atoms with E-state index in [0.717, 1.165) is 0 Å². The Hall–Kier alpha value is -3.50. The number of hydrogen-bond donors (Lipinski definition) is 1. The molecule has 2 heterocycles. The van der Waals surface area contributed by atoms with Crippen LogP contribution < -0.4 is 9.86 Å². The molecule has 0 atom stereocenters. The highest BCUT2D eigenvalue weighted by molar-refractivity contribution is 7.92. The number of H-pyrrole nitrogens is 1. The molecule has 10 heteroatoms. The van der Waals surface area contributed by atoms with Crippen molar-refractivity contribution < 1.29 is 17.9 Å². The molecule has 0 aliphatic heterocycles. The van der Waals surface area contributed by atoms with Crippen LogP contribution in [0.5, 0.6) is 0 Å². The van der Waals surface area contributed by atoms with E-state index >= 15 is 0 Å². The molecule has 164 valence electrons. The number of fused-ring (bicyclic) bond motifs is 1. The van der Waals surface area contributed by atoms with E-state index in [1.807, 2.05) is 0 Å². The molecular formula is C22H19N3O5S2. The first-order valence-corrected chi connectivity index (χ1v) is 12.0. The maximum atomic E-state index is 13.2. The molecule has 4 aromatic rings. The lowest BCUT2D eigenvalue weighted by atomic mass is 10.2. The van der Waals surface area contributed by atoms with Gasteiger partial charge in [0.05, 0.1) is 21.7 Å². The summed E-state index contributed by atoms with van der Waals surface area (Å²) in [6.07, 6.45) is 0. The highest BCUT2D eigenvalue weighted by Gasteiger charge is 2.24. The molecule has 0 aliphatic carbocycles. The third kappa shape index (κ3) is 4.27. The van der Waals surface area contributed by atoms with Crippen molar-refractivity contribution in [3.05, 3.63) is 87.8 Å². The molecule has 0 fully saturated rings. The fourth-order valence-electron chi connectivity index (χ4n) is 3.20. The Morgan fingerprint density at radius 3 is 2.66 bits per heavy atom. The molecular weight excluding hydrogens is 450 g/mol. The van der Waals surface area contributed by atoms with Crippen LogP contribution in [0.4, 0.5) is 5.69 Å². The summed E-state index contributed by atoms with van der Waals surface area (Å²) in [6.45, 7) is 1.72. The fraction of sp³-hybridized carbons (Fsp3) is 0.136. The van der Waals surface area contributed by atoms with E-state index in [9.17, 15) is 18.0 Å². The van der Waals surface area contributed by atoms with Crippen LogP contribution in [0.15, 0.2) is 75.7 Å². The van der Waals surface area contributed by atoms with Gasteiger partial charge in [-0.25, -0.2) is 18.2 Å². The molecule has 0 radical (unpaired) electrons. The van der Waals surface area contributed by atoms with Crippen LogP contribution >= 0.6 is 11.3 Å². The molecule has 8 nitrogen and oxygen atoms in total. The normalized spacial score (nSPS) is 11.4. The molecule has 2 aromatic heterocycles. The van der Waals surface area contributed by atoms with Gasteiger partial charge in [-0.2, -0.15) is 0 Å². The van der Waals surface area contributed by atoms with Crippen LogP contribution in [0.1, 0.15) is 23.1 Å². The molecule has 0 saturated heterocycles. The van der Waals surface area contributed by atoms with Gasteiger partial charge < -0.3 is 9.72 Å². The highest BCUT2D eigenvalue weighted by atomic mass is 32.2. The lowest BCUT2D eigenvalue weighted by molar-refractivity contribution is 0.0462. The van der Waals surface area contributed by atoms with Crippen LogP contribution in [-0.2, 0) is 21.4 Å². The summed E-state index contributed by atoms with van der Waals surface area (Å²) in [5.74, 6) is -0.517. The van der Waals surface area contributed by atoms with E-state index in [-0.39, 0.29) is 35.0 Å². The van der Waals surface area contributed by atoms with Crippen LogP contribution in [0.2, 0.25) is 0 Å². The molecule has 0 spiro atoms. The maximum absolute atomic E-state index is 13.2. The molecule has 2 aromatic carbocycles. The first-order valence-electron chi connectivity index (χ1n) is 9.71. The summed E-state index contributed by atoms with van der Waals surface area (Å²) < 4.78 is 33.4. The zero-order valence-electron chi connectivity index (χ0n) is 17.0. The summed E-state index contributed by atoms with van der Waals surface area (Å²) in [6, 6.07) is 16.1. The topological polar surface area (TPSA) is 109 Å². The third-order valence-corrected chi connectivity index (χ3v) is 7.49. The average Bonchev–Trinajstić information content (AvgIpc) is 3.28. The summed E-state index contributed by atoms with van der Waals surface area (Å²) in [5, 5.41) is 1.75. The molecule has 0 amide bonds. The number of esters is 1. The van der Waals surface area contributed by atoms with Crippen molar-refractivity contribution in [3.63, 3.8) is 0 Å². The number of carbonyl (C=O) groups is 1. The molecule has 0 unspecified atom stereocenters. The van der Waals surface area contributed by atoms with E-state index in [1.165, 1.54) is 39.9 Å². The van der Waals surface area contributed by atoms with E-state index in [2.05, 4.69) is 9.97 Å². The average molecular weight is 470 g/mol. The van der Waals surface area contributed by atoms with Gasteiger partial charge in [0.2, 0.25) is 0 Å². The van der Waals surface area contributed by atoms with Crippen LogP contribution in [0.3, 0.4) is 0 Å². The van der Waals surface area contributed by atoms with Crippen LogP contribution in [0.25, 0.3) is 10.2 Å². The predicted octanol–water partition coefficient (Wildman–Crippen LogP) is 3.56. The quantitative estimate of drug-likeness (QED) is 0.415. The SMILES string of the molecule is CCN(c1ccccc1)S(=O)(=O)c1cccc(C(=O)OCc2nc3ccsc3c(=O)[nH]2)c1. The minimum Gasteiger partial charge on any atom is -0.454 e. The Kier molecular flexibility index (Phi) is 6.06. The predicted molar refractivity (Wildman–Crippen MR) is 122 cm³/mol. The van der Waals surface area contributed by atoms with Gasteiger partial charge in [0.1, 0.15) is 17.1 Å². The fourth-order valence-corrected chi connectivity index (χ4v) is 5.45. The molecule has 1 N–H and O–H groups in total. The maximum Gasteiger partial charge on any atom is 0.338 e. The van der Waals surface area contributed by atoms with Gasteiger partial charge >= 0.3 is 5.97 Å². The highest BCUT2D eigenvalue weighted by Crippen LogP contribution is 2.24. The minimum absolute atomic E-state index is 0.0242. The molecule has 0 aliphatic rings. The molecule has 0 saturated carbocycles. The summed E-state index contributed by atoms with van der Waals surface area (Å²) in [7, 11) is -3.88. The first kappa shape index (κ1) is 21.7. The Morgan fingerprint density at radius 2 is 1.91 bits per heavy atom. The minimum atomic E-state index is -3.88. The van der Waals surface area contributed by atoms with E-state index in [0.29, 0.717) is 15.9 Å². The van der Waals surface area contributed by atoms with Crippen molar-refractivity contribution >= 4 is 43.2 Å². The molecule has 32 heavy (non-hydrogen) atoms. The number of para-hydroxylation sites is 1. The molecule has 4 rings (SSSR count). The summed E-state index contributed by atoms with van der Waals surface area (Å²) >= 11 is 1.28. The molecule has 0 bridgehead atoms. The standard InChI is InChI=1S/C22H19N3O5S2/c1-2-25(16-8-4-3-5-9-16)32(28,29)17-10-6-7-15(13-17)22(27)30-14-19-23-18-11-12-31-20(18)21(26)24-19/h3-13H,2,14H2,1H3,(H,23,24,26). The number of nitrogens with zero attached hydrogens (tertiary/aromatic N) is 2. The number of sulfonamides is 1. The number of hydrogen-bond acceptors (Lipinski definition) is 7. The number of benzene rings is 2. The van der Waals surface area contributed by atoms with Crippen molar-refractivity contribution in [2.45, 2.75) is 18.4 Å². The van der Waals surface area contributed by atoms with Crippen molar-refractivity contribution in [3.8, 4) is 0 Å². The number of anilines is 1. The van der Waals surface area contributed by atoms with E-state index in [4.69, 9.17) is 4.74 Å². The van der Waals surface area contributed by atoms with Gasteiger partial charge in [-0.1, -0.05) is 24.3 Å². The lowest BCUT2D eigenvalue weighted by Crippen LogP contribution is -2.30. The zero-order valence-corrected chi connectivity index (χ0v) is 18.7. The number of rotatable bonds is 7. The second-order valence-corrected chi connectivity index (χ2v) is 9.54. The van der Waals surface area contributed by atoms with Gasteiger partial charge in [0, 0.05) is 6.54 Å². The monoisotopic (exact) mass is 469 g/mol. The second-order valence-electron chi connectivity index (χ2n) is 6.76. The van der Waals surface area contributed by atoms with Crippen molar-refractivity contribution in [1.29, 1.82) is 0 Å². The third-order valence-electron chi connectivity index (χ3n) is 4.69. The largest absolute Gasteiger partial charge is 0.454 e. The Balaban J connectivity index is 1.55.